The maximum absolute atomic E-state index is 12.2. The molecule has 0 saturated heterocycles. The summed E-state index contributed by atoms with van der Waals surface area (Å²) in [5.41, 5.74) is 15.1. The second-order valence-electron chi connectivity index (χ2n) is 5.29. The standard InChI is InChI=1S/C16H18N4O2S/c1-3-22-14(21)13-11(17)10-12(9-7-5-4-6-8-9)19-15(18)20-16(10,2)23-13/h4-8H,3,17H2,1-2H3,(H3,18,19,20). The Hall–Kier alpha value is -2.41. The van der Waals surface area contributed by atoms with Crippen LogP contribution in [0.4, 0.5) is 0 Å². The Morgan fingerprint density at radius 1 is 1.35 bits per heavy atom. The van der Waals surface area contributed by atoms with Crippen molar-refractivity contribution in [3.63, 3.8) is 0 Å². The molecule has 5 N–H and O–H groups in total. The molecule has 7 heteroatoms. The number of nitrogens with two attached hydrogens (primary N) is 2. The monoisotopic (exact) mass is 330 g/mol. The molecule has 0 fully saturated rings. The van der Waals surface area contributed by atoms with E-state index in [1.165, 1.54) is 11.8 Å². The van der Waals surface area contributed by atoms with Crippen molar-refractivity contribution in [2.24, 2.45) is 16.5 Å². The summed E-state index contributed by atoms with van der Waals surface area (Å²) in [6.45, 7) is 3.94. The summed E-state index contributed by atoms with van der Waals surface area (Å²) in [7, 11) is 0. The molecule has 2 aliphatic heterocycles. The number of rotatable bonds is 3. The molecule has 0 saturated carbocycles. The molecule has 23 heavy (non-hydrogen) atoms. The average molecular weight is 330 g/mol. The Balaban J connectivity index is 2.17. The van der Waals surface area contributed by atoms with Crippen LogP contribution in [-0.4, -0.2) is 23.4 Å². The second-order valence-corrected chi connectivity index (χ2v) is 6.69. The zero-order valence-corrected chi connectivity index (χ0v) is 13.7. The molecule has 120 valence electrons. The van der Waals surface area contributed by atoms with Crippen LogP contribution >= 0.6 is 11.8 Å². The Morgan fingerprint density at radius 3 is 2.70 bits per heavy atom. The Morgan fingerprint density at radius 2 is 2.04 bits per heavy atom. The average Bonchev–Trinajstić information content (AvgIpc) is 2.79. The topological polar surface area (TPSA) is 103 Å². The van der Waals surface area contributed by atoms with Crippen molar-refractivity contribution < 1.29 is 9.53 Å². The van der Waals surface area contributed by atoms with E-state index < -0.39 is 10.8 Å². The number of guanidine groups is 1. The molecule has 1 aromatic rings. The Labute approximate surface area is 138 Å². The first-order chi connectivity index (χ1) is 11.0. The van der Waals surface area contributed by atoms with Crippen LogP contribution in [0.3, 0.4) is 0 Å². The fraction of sp³-hybridized carbons (Fsp3) is 0.250. The highest BCUT2D eigenvalue weighted by Crippen LogP contribution is 2.52. The van der Waals surface area contributed by atoms with E-state index in [4.69, 9.17) is 16.2 Å². The van der Waals surface area contributed by atoms with Crippen molar-refractivity contribution in [1.29, 1.82) is 0 Å². The van der Waals surface area contributed by atoms with E-state index in [2.05, 4.69) is 10.3 Å². The number of nitrogens with zero attached hydrogens (tertiary/aromatic N) is 1. The third-order valence-corrected chi connectivity index (χ3v) is 4.92. The van der Waals surface area contributed by atoms with E-state index in [9.17, 15) is 4.79 Å². The van der Waals surface area contributed by atoms with Crippen molar-refractivity contribution in [1.82, 2.24) is 5.32 Å². The number of esters is 1. The van der Waals surface area contributed by atoms with Crippen molar-refractivity contribution in [3.8, 4) is 0 Å². The normalized spacial score (nSPS) is 23.3. The maximum Gasteiger partial charge on any atom is 0.346 e. The minimum atomic E-state index is -0.743. The zero-order chi connectivity index (χ0) is 16.6. The maximum atomic E-state index is 12.2. The van der Waals surface area contributed by atoms with Gasteiger partial charge in [-0.3, -0.25) is 0 Å². The number of hydrogen-bond donors (Lipinski definition) is 3. The molecule has 0 aromatic heterocycles. The quantitative estimate of drug-likeness (QED) is 0.726. The second kappa shape index (κ2) is 5.66. The highest BCUT2D eigenvalue weighted by molar-refractivity contribution is 8.05. The molecule has 1 aromatic carbocycles. The largest absolute Gasteiger partial charge is 0.462 e. The molecule has 2 heterocycles. The molecule has 1 atom stereocenters. The minimum Gasteiger partial charge on any atom is -0.462 e. The third-order valence-electron chi connectivity index (χ3n) is 3.64. The summed E-state index contributed by atoms with van der Waals surface area (Å²) in [5, 5.41) is 3.08. The van der Waals surface area contributed by atoms with Gasteiger partial charge in [0.15, 0.2) is 5.96 Å². The van der Waals surface area contributed by atoms with Crippen molar-refractivity contribution in [3.05, 3.63) is 52.1 Å². The minimum absolute atomic E-state index is 0.292. The van der Waals surface area contributed by atoms with Crippen LogP contribution in [-0.2, 0) is 9.53 Å². The molecule has 2 aliphatic rings. The molecular formula is C16H18N4O2S. The van der Waals surface area contributed by atoms with Gasteiger partial charge in [-0.15, -0.1) is 0 Å². The van der Waals surface area contributed by atoms with Crippen LogP contribution in [0.15, 0.2) is 51.5 Å². The first kappa shape index (κ1) is 15.5. The number of benzene rings is 1. The SMILES string of the molecule is CCOC(=O)C1=C(N)C2=C(c3ccccc3)NC(N)=NC2(C)S1. The lowest BCUT2D eigenvalue weighted by atomic mass is 9.96. The van der Waals surface area contributed by atoms with Gasteiger partial charge in [-0.05, 0) is 19.4 Å². The van der Waals surface area contributed by atoms with E-state index in [0.717, 1.165) is 16.8 Å². The van der Waals surface area contributed by atoms with Crippen LogP contribution in [0.2, 0.25) is 0 Å². The van der Waals surface area contributed by atoms with Gasteiger partial charge >= 0.3 is 5.97 Å². The third kappa shape index (κ3) is 2.57. The number of nitrogens with one attached hydrogen (secondary N) is 1. The summed E-state index contributed by atoms with van der Waals surface area (Å²) in [5.74, 6) is -0.139. The number of aliphatic imine (C=N–C) groups is 1. The fourth-order valence-corrected chi connectivity index (χ4v) is 3.94. The van der Waals surface area contributed by atoms with Gasteiger partial charge in [0.1, 0.15) is 9.78 Å². The Bertz CT molecular complexity index is 755. The van der Waals surface area contributed by atoms with Crippen molar-refractivity contribution in [2.75, 3.05) is 6.61 Å². The number of thioether (sulfide) groups is 1. The molecule has 0 bridgehead atoms. The van der Waals surface area contributed by atoms with Crippen LogP contribution in [0, 0.1) is 0 Å². The molecule has 1 unspecified atom stereocenters. The lowest BCUT2D eigenvalue weighted by Gasteiger charge is -2.30. The van der Waals surface area contributed by atoms with Gasteiger partial charge in [-0.2, -0.15) is 0 Å². The molecule has 3 rings (SSSR count). The Kier molecular flexibility index (Phi) is 3.81. The van der Waals surface area contributed by atoms with Gasteiger partial charge in [-0.1, -0.05) is 42.1 Å². The van der Waals surface area contributed by atoms with E-state index in [-0.39, 0.29) is 0 Å². The van der Waals surface area contributed by atoms with E-state index in [1.807, 2.05) is 37.3 Å². The van der Waals surface area contributed by atoms with Crippen molar-refractivity contribution >= 4 is 29.4 Å². The molecule has 0 spiro atoms. The highest BCUT2D eigenvalue weighted by atomic mass is 32.2. The summed E-state index contributed by atoms with van der Waals surface area (Å²) in [6.07, 6.45) is 0. The van der Waals surface area contributed by atoms with Gasteiger partial charge < -0.3 is 21.5 Å². The summed E-state index contributed by atoms with van der Waals surface area (Å²) in [6, 6.07) is 9.69. The van der Waals surface area contributed by atoms with Crippen LogP contribution in [0.1, 0.15) is 19.4 Å². The predicted octanol–water partition coefficient (Wildman–Crippen LogP) is 1.51. The van der Waals surface area contributed by atoms with Crippen molar-refractivity contribution in [2.45, 2.75) is 18.7 Å². The van der Waals surface area contributed by atoms with Gasteiger partial charge in [0.05, 0.1) is 18.0 Å². The number of ether oxygens (including phenoxy) is 1. The van der Waals surface area contributed by atoms with Crippen LogP contribution in [0.5, 0.6) is 0 Å². The smallest absolute Gasteiger partial charge is 0.346 e. The molecule has 0 aliphatic carbocycles. The molecule has 6 nitrogen and oxygen atoms in total. The van der Waals surface area contributed by atoms with E-state index in [1.54, 1.807) is 6.92 Å². The first-order valence-corrected chi connectivity index (χ1v) is 8.06. The molecule has 0 amide bonds. The number of carbonyl (C=O) groups is 1. The number of carbonyl (C=O) groups excluding carboxylic acids is 1. The predicted molar refractivity (Wildman–Crippen MR) is 92.0 cm³/mol. The first-order valence-electron chi connectivity index (χ1n) is 7.25. The molecular weight excluding hydrogens is 312 g/mol. The highest BCUT2D eigenvalue weighted by Gasteiger charge is 2.46. The number of hydrogen-bond acceptors (Lipinski definition) is 7. The number of fused-ring (bicyclic) bond motifs is 1. The molecule has 0 radical (unpaired) electrons. The summed E-state index contributed by atoms with van der Waals surface area (Å²) >= 11 is 1.27. The fourth-order valence-electron chi connectivity index (χ4n) is 2.73. The van der Waals surface area contributed by atoms with Crippen LogP contribution in [0.25, 0.3) is 5.70 Å². The summed E-state index contributed by atoms with van der Waals surface area (Å²) < 4.78 is 5.09. The lowest BCUT2D eigenvalue weighted by Crippen LogP contribution is -2.41. The van der Waals surface area contributed by atoms with E-state index in [0.29, 0.717) is 23.2 Å². The van der Waals surface area contributed by atoms with Crippen LogP contribution < -0.4 is 16.8 Å². The van der Waals surface area contributed by atoms with Gasteiger partial charge in [0, 0.05) is 5.57 Å². The van der Waals surface area contributed by atoms with Gasteiger partial charge in [0.2, 0.25) is 0 Å². The lowest BCUT2D eigenvalue weighted by molar-refractivity contribution is -0.137. The van der Waals surface area contributed by atoms with Gasteiger partial charge in [0.25, 0.3) is 0 Å². The zero-order valence-electron chi connectivity index (χ0n) is 12.9. The summed E-state index contributed by atoms with van der Waals surface area (Å²) in [4.78, 5) is 16.2. The van der Waals surface area contributed by atoms with E-state index >= 15 is 0 Å². The van der Waals surface area contributed by atoms with Gasteiger partial charge in [-0.25, -0.2) is 9.79 Å².